The van der Waals surface area contributed by atoms with Crippen LogP contribution in [0.15, 0.2) is 357 Å². The molecule has 12 aromatic heterocycles. The smallest absolute Gasteiger partial charge is 0.184 e. The van der Waals surface area contributed by atoms with Crippen LogP contribution in [0.1, 0.15) is 44.5 Å². The number of rotatable bonds is 8. The highest BCUT2D eigenvalue weighted by Crippen LogP contribution is 2.67. The number of fused-ring (bicyclic) bond motifs is 4. The molecule has 628 valence electrons. The quantitative estimate of drug-likeness (QED) is 0.112. The Hall–Kier alpha value is -15.2. The van der Waals surface area contributed by atoms with Gasteiger partial charge >= 0.3 is 0 Å². The molecule has 4 unspecified atom stereocenters. The molecule has 0 aliphatic rings. The van der Waals surface area contributed by atoms with Crippen LogP contribution in [0.3, 0.4) is 0 Å². The second-order valence-corrected chi connectivity index (χ2v) is 44.4. The molecule has 0 saturated carbocycles. The summed E-state index contributed by atoms with van der Waals surface area (Å²) in [5.41, 5.74) is 44.5. The van der Waals surface area contributed by atoms with Gasteiger partial charge in [-0.05, 0) is 272 Å². The standard InChI is InChI=1S/C62H48N4O2P2.C54H32N4O2P2/c1-33-9-17-41(18-10-33)63-45-25-37(5)27-47-57(45)69-59-49(63)29-39(7)31-51(59)67-55-56-62-54(53(61(55)69)65(47)43-21-13-35(3)14-22-43)66(44-23-15-36(4)16-24-44)48-28-38(6)26-46-58(48)70(62)60-50(30-40(8)32-52(60)68-56)64(46)42-19-11-34(2)12-20-42;1-5-17-33(18-6-1)55-37-25-13-27-39-49(37)61-51-41(55)29-15-31-43(51)59-47-46-54-48(45(53(47)61)57(39)35-21-9-3-10-22-35)60-44-32-16-30-42-52(44)62(54)50-38(56(42)34-19-7-2-8-20-34)26-14-28-40(50)58(46)36-23-11-4-12-24-36/h9-32H,1-8H3;1-32H. The third-order valence-electron chi connectivity index (χ3n) is 27.9. The number of para-hydroxylation sites is 4. The van der Waals surface area contributed by atoms with Crippen molar-refractivity contribution in [1.82, 2.24) is 36.5 Å². The number of benzene rings is 18. The van der Waals surface area contributed by atoms with Crippen LogP contribution in [0.5, 0.6) is 0 Å². The minimum absolute atomic E-state index is 0.847. The molecule has 0 radical (unpaired) electrons. The molecule has 4 atom stereocenters. The van der Waals surface area contributed by atoms with Crippen LogP contribution in [-0.4, -0.2) is 36.5 Å². The van der Waals surface area contributed by atoms with Gasteiger partial charge in [0.1, 0.15) is 33.4 Å². The van der Waals surface area contributed by atoms with E-state index < -0.39 is 29.4 Å². The van der Waals surface area contributed by atoms with E-state index in [-0.39, 0.29) is 0 Å². The highest BCUT2D eigenvalue weighted by Gasteiger charge is 2.37. The zero-order valence-electron chi connectivity index (χ0n) is 73.3. The first kappa shape index (κ1) is 74.7. The van der Waals surface area contributed by atoms with Gasteiger partial charge in [-0.1, -0.05) is 197 Å². The fourth-order valence-electron chi connectivity index (χ4n) is 22.6. The zero-order chi connectivity index (χ0) is 87.4. The molecule has 0 saturated heterocycles. The highest BCUT2D eigenvalue weighted by atomic mass is 31.1. The van der Waals surface area contributed by atoms with Gasteiger partial charge in [-0.3, -0.25) is 0 Å². The van der Waals surface area contributed by atoms with Crippen molar-refractivity contribution >= 4 is 224 Å². The van der Waals surface area contributed by atoms with Gasteiger partial charge in [0, 0.05) is 66.0 Å². The lowest BCUT2D eigenvalue weighted by Crippen LogP contribution is -2.10. The summed E-state index contributed by atoms with van der Waals surface area (Å²) in [6.07, 6.45) is 0. The van der Waals surface area contributed by atoms with Crippen molar-refractivity contribution in [2.45, 2.75) is 55.4 Å². The minimum atomic E-state index is -1.19. The fourth-order valence-corrected chi connectivity index (χ4v) is 34.5. The molecule has 18 aromatic carbocycles. The molecule has 132 heavy (non-hydrogen) atoms. The highest BCUT2D eigenvalue weighted by molar-refractivity contribution is 7.66. The number of hydrogen-bond donors (Lipinski definition) is 0. The summed E-state index contributed by atoms with van der Waals surface area (Å²) < 4.78 is 50.8. The van der Waals surface area contributed by atoms with Crippen molar-refractivity contribution in [3.63, 3.8) is 0 Å². The Morgan fingerprint density at radius 2 is 0.364 bits per heavy atom. The first-order valence-electron chi connectivity index (χ1n) is 45.2. The van der Waals surface area contributed by atoms with Crippen molar-refractivity contribution in [2.75, 3.05) is 0 Å². The van der Waals surface area contributed by atoms with E-state index >= 15 is 0 Å². The zero-order valence-corrected chi connectivity index (χ0v) is 76.9. The summed E-state index contributed by atoms with van der Waals surface area (Å²) in [5, 5.41) is 15.1. The van der Waals surface area contributed by atoms with E-state index in [0.717, 1.165) is 123 Å². The molecule has 0 aliphatic carbocycles. The Morgan fingerprint density at radius 1 is 0.152 bits per heavy atom. The second kappa shape index (κ2) is 27.2. The Kier molecular flexibility index (Phi) is 15.4. The lowest BCUT2D eigenvalue weighted by molar-refractivity contribution is 0.626. The lowest BCUT2D eigenvalue weighted by Gasteiger charge is -2.30. The summed E-state index contributed by atoms with van der Waals surface area (Å²) in [7, 11) is -4.66. The van der Waals surface area contributed by atoms with Gasteiger partial charge in [0.15, 0.2) is 22.3 Å². The van der Waals surface area contributed by atoms with E-state index in [1.54, 1.807) is 0 Å². The van der Waals surface area contributed by atoms with Crippen molar-refractivity contribution in [1.29, 1.82) is 0 Å². The number of aromatic nitrogens is 8. The van der Waals surface area contributed by atoms with Crippen molar-refractivity contribution < 1.29 is 17.7 Å². The van der Waals surface area contributed by atoms with Crippen LogP contribution in [0.25, 0.3) is 240 Å². The molecule has 12 heterocycles. The molecule has 0 aliphatic heterocycles. The van der Waals surface area contributed by atoms with Gasteiger partial charge in [-0.25, -0.2) is 0 Å². The molecule has 0 amide bonds. The predicted molar refractivity (Wildman–Crippen MR) is 557 cm³/mol. The van der Waals surface area contributed by atoms with Crippen LogP contribution in [0.2, 0.25) is 0 Å². The molecule has 12 nitrogen and oxygen atoms in total. The van der Waals surface area contributed by atoms with E-state index in [2.05, 4.69) is 432 Å². The predicted octanol–water partition coefficient (Wildman–Crippen LogP) is 34.7. The molecular weight excluding hydrogens is 1690 g/mol. The molecule has 30 rings (SSSR count). The van der Waals surface area contributed by atoms with E-state index in [4.69, 9.17) is 17.7 Å². The SMILES string of the molecule is Cc1ccc(-n2c3cc(C)cc4oc5c6oc7cc(C)cc8c7p7c9c(cc(C)cc9n(-c9ccc(C)cc9)c(c9c5p(c43)c3c2cc(C)cc3n9-c2ccc(C)cc2)c67)n8-c2ccc(C)cc2)cc1.c1ccc(-n2c3cccc4oc5c6c7c(oc8cccc9c8p7c7c(cccc7n6-c6ccccc6)n9-c6ccccc6)c6c5p(c43)c3c2cccc3n6-c2ccccc2)cc1. The topological polar surface area (TPSA) is 92.0 Å². The van der Waals surface area contributed by atoms with Gasteiger partial charge in [-0.15, -0.1) is 0 Å². The summed E-state index contributed by atoms with van der Waals surface area (Å²) in [4.78, 5) is 0. The molecule has 0 bridgehead atoms. The first-order chi connectivity index (χ1) is 64.8. The minimum Gasteiger partial charge on any atom is -0.453 e. The van der Waals surface area contributed by atoms with Crippen LogP contribution >= 0.6 is 29.4 Å². The average Bonchev–Trinajstić information content (AvgIpc) is 0.659. The Labute approximate surface area is 757 Å². The third-order valence-corrected chi connectivity index (χ3v) is 38.6. The monoisotopic (exact) mass is 1770 g/mol. The third kappa shape index (κ3) is 10.0. The van der Waals surface area contributed by atoms with Crippen LogP contribution in [-0.2, 0) is 0 Å². The molecule has 30 aromatic rings. The molecule has 0 spiro atoms. The van der Waals surface area contributed by atoms with Gasteiger partial charge in [-0.2, -0.15) is 0 Å². The maximum Gasteiger partial charge on any atom is 0.184 e. The molecule has 16 heteroatoms. The van der Waals surface area contributed by atoms with Crippen LogP contribution in [0.4, 0.5) is 0 Å². The Morgan fingerprint density at radius 3 is 0.689 bits per heavy atom. The largest absolute Gasteiger partial charge is 0.453 e. The summed E-state index contributed by atoms with van der Waals surface area (Å²) in [5.74, 6) is 0. The van der Waals surface area contributed by atoms with E-state index in [1.165, 1.54) is 161 Å². The number of hydrogen-bond acceptors (Lipinski definition) is 4. The van der Waals surface area contributed by atoms with E-state index in [0.29, 0.717) is 0 Å². The van der Waals surface area contributed by atoms with Crippen LogP contribution in [0, 0.1) is 55.4 Å². The van der Waals surface area contributed by atoms with E-state index in [1.807, 2.05) is 0 Å². The maximum atomic E-state index is 7.71. The fraction of sp³-hybridized carbons (Fsp3) is 0.0690. The summed E-state index contributed by atoms with van der Waals surface area (Å²) in [6.45, 7) is 17.6. The van der Waals surface area contributed by atoms with Crippen LogP contribution < -0.4 is 0 Å². The van der Waals surface area contributed by atoms with Crippen molar-refractivity contribution in [3.05, 3.63) is 384 Å². The van der Waals surface area contributed by atoms with Gasteiger partial charge in [0.2, 0.25) is 0 Å². The maximum absolute atomic E-state index is 7.71. The summed E-state index contributed by atoms with van der Waals surface area (Å²) in [6, 6.07) is 126. The van der Waals surface area contributed by atoms with Gasteiger partial charge in [0.25, 0.3) is 0 Å². The van der Waals surface area contributed by atoms with Gasteiger partial charge in [0.05, 0.1) is 118 Å². The molecule has 0 fully saturated rings. The Balaban J connectivity index is 0.000000130. The molecule has 0 N–H and O–H groups in total. The van der Waals surface area contributed by atoms with Crippen molar-refractivity contribution in [2.24, 2.45) is 0 Å². The Bertz CT molecular complexity index is 9640. The summed E-state index contributed by atoms with van der Waals surface area (Å²) >= 11 is 0. The normalized spacial score (nSPS) is 13.1. The van der Waals surface area contributed by atoms with E-state index in [9.17, 15) is 0 Å². The number of aryl methyl sites for hydroxylation is 8. The lowest BCUT2D eigenvalue weighted by atomic mass is 10.1. The van der Waals surface area contributed by atoms with Gasteiger partial charge < -0.3 is 54.2 Å². The number of nitrogens with zero attached hydrogens (tertiary/aromatic N) is 8. The second-order valence-electron chi connectivity index (χ2n) is 36.3. The molecular formula is C116H80N8O4P4. The average molecular weight is 1770 g/mol. The van der Waals surface area contributed by atoms with Crippen molar-refractivity contribution in [3.8, 4) is 45.5 Å². The first-order valence-corrected chi connectivity index (χ1v) is 50.6.